The molecule has 12 aromatic rings. The number of aromatic nitrogens is 2. The first-order chi connectivity index (χ1) is 68.4. The van der Waals surface area contributed by atoms with Gasteiger partial charge in [0, 0.05) is 65.2 Å². The summed E-state index contributed by atoms with van der Waals surface area (Å²) in [5.41, 5.74) is 26.6. The minimum absolute atomic E-state index is 0.0713. The minimum atomic E-state index is -5.71. The molecular weight excluding hydrogens is 1890 g/mol. The van der Waals surface area contributed by atoms with Gasteiger partial charge in [-0.05, 0) is 426 Å². The van der Waals surface area contributed by atoms with Gasteiger partial charge in [-0.3, -0.25) is 0 Å². The number of hydrogen-bond acceptors (Lipinski definition) is 11. The zero-order valence-corrected chi connectivity index (χ0v) is 94.6. The second-order valence-electron chi connectivity index (χ2n) is 36.5. The van der Waals surface area contributed by atoms with Crippen LogP contribution in [0.2, 0.25) is 0 Å². The summed E-state index contributed by atoms with van der Waals surface area (Å²) in [5, 5.41) is 57.5. The van der Waals surface area contributed by atoms with Crippen LogP contribution in [0.1, 0.15) is 259 Å². The molecule has 0 unspecified atom stereocenters. The van der Waals surface area contributed by atoms with Crippen LogP contribution in [0.15, 0.2) is 182 Å². The Morgan fingerprint density at radius 2 is 0.483 bits per heavy atom. The van der Waals surface area contributed by atoms with Crippen LogP contribution in [-0.2, 0) is 33.1 Å². The Hall–Kier alpha value is -11.2. The molecule has 0 spiro atoms. The first kappa shape index (κ1) is 138. The average molecular weight is 2060 g/mol. The van der Waals surface area contributed by atoms with Crippen molar-refractivity contribution in [3.63, 3.8) is 0 Å². The van der Waals surface area contributed by atoms with Gasteiger partial charge in [0.05, 0.1) is 0 Å². The maximum Gasteiger partial charge on any atom is 0.411 e. The van der Waals surface area contributed by atoms with Gasteiger partial charge >= 0.3 is 24.7 Å². The molecule has 147 heavy (non-hydrogen) atoms. The maximum atomic E-state index is 13.9. The highest BCUT2D eigenvalue weighted by molar-refractivity contribution is 5.66. The van der Waals surface area contributed by atoms with Crippen molar-refractivity contribution in [3.05, 3.63) is 366 Å². The van der Waals surface area contributed by atoms with E-state index in [2.05, 4.69) is 273 Å². The van der Waals surface area contributed by atoms with Gasteiger partial charge in [-0.1, -0.05) is 220 Å². The molecule has 0 atom stereocenters. The molecule has 7 N–H and O–H groups in total. The van der Waals surface area contributed by atoms with Gasteiger partial charge in [0.25, 0.3) is 0 Å². The summed E-state index contributed by atoms with van der Waals surface area (Å²) in [6.07, 6.45) is -16.9. The quantitative estimate of drug-likeness (QED) is 0.0383. The van der Waals surface area contributed by atoms with E-state index < -0.39 is 69.3 Å². The highest BCUT2D eigenvalue weighted by Gasteiger charge is 2.74. The molecule has 0 bridgehead atoms. The predicted molar refractivity (Wildman–Crippen MR) is 588 cm³/mol. The van der Waals surface area contributed by atoms with E-state index in [9.17, 15) is 68.0 Å². The van der Waals surface area contributed by atoms with Crippen LogP contribution < -0.4 is 0 Å². The Balaban J connectivity index is 0. The molecule has 0 saturated heterocycles. The first-order valence-corrected chi connectivity index (χ1v) is 49.6. The SMILES string of the molecule is CC(C)O.CCCCOCC.CCCOCC.CCc1c(C)c(C)c(C)c(CC)c1C.CO.CO.CO.Cc1c(C)c(C)c(C)c(C)c1C.Cc1c(C)c(C)c(C)c(C)c1C.Cc1cc(C(c2ccc(O)c(C)c2)(C(F)(F)F)C(F)(F)F)ccc1O.Cc1cc(C)nc(C)n1.Cc1cccc(-c2cccc(C)c2)c1.Cc1cccc(-c2cccc(C)c2)c1.Cc1cccc(C(c2ccc(O)c(C)c2)(C(F)(F)F)C(F)(F)F)c1. The van der Waals surface area contributed by atoms with Gasteiger partial charge in [0.2, 0.25) is 10.8 Å². The number of phenolic OH excluding ortho intramolecular Hbond substituents is 3. The lowest BCUT2D eigenvalue weighted by molar-refractivity contribution is -0.290. The number of rotatable bonds is 15. The lowest BCUT2D eigenvalue weighted by Crippen LogP contribution is -2.54. The van der Waals surface area contributed by atoms with Crippen molar-refractivity contribution in [1.82, 2.24) is 9.97 Å². The fourth-order valence-electron chi connectivity index (χ4n) is 16.3. The fraction of sp³-hybridized carbons (Fsp3) is 0.435. The van der Waals surface area contributed by atoms with Crippen LogP contribution in [0, 0.1) is 187 Å². The molecule has 23 heteroatoms. The lowest BCUT2D eigenvalue weighted by Gasteiger charge is -2.38. The van der Waals surface area contributed by atoms with Gasteiger partial charge in [0.1, 0.15) is 23.1 Å². The lowest BCUT2D eigenvalue weighted by atomic mass is 9.72. The number of unbranched alkanes of at least 4 members (excludes halogenated alkanes) is 1. The van der Waals surface area contributed by atoms with Crippen LogP contribution in [0.5, 0.6) is 17.2 Å². The van der Waals surface area contributed by atoms with E-state index >= 15 is 0 Å². The smallest absolute Gasteiger partial charge is 0.411 e. The van der Waals surface area contributed by atoms with Gasteiger partial charge < -0.3 is 45.2 Å². The largest absolute Gasteiger partial charge is 0.508 e. The van der Waals surface area contributed by atoms with Crippen LogP contribution in [0.25, 0.3) is 22.3 Å². The zero-order valence-electron chi connectivity index (χ0n) is 94.6. The van der Waals surface area contributed by atoms with E-state index in [1.807, 2.05) is 40.7 Å². The highest BCUT2D eigenvalue weighted by atomic mass is 19.4. The van der Waals surface area contributed by atoms with E-state index in [0.29, 0.717) is 30.3 Å². The summed E-state index contributed by atoms with van der Waals surface area (Å²) in [6.45, 7) is 74.8. The molecule has 1 aromatic heterocycles. The molecule has 11 aromatic carbocycles. The Kier molecular flexibility index (Phi) is 62.2. The Labute approximate surface area is 872 Å². The zero-order chi connectivity index (χ0) is 114. The topological polar surface area (TPSA) is 186 Å². The van der Waals surface area contributed by atoms with Gasteiger partial charge in [-0.25, -0.2) is 9.97 Å². The molecule has 0 radical (unpaired) electrons. The Morgan fingerprint density at radius 3 is 0.667 bits per heavy atom. The number of halogens is 12. The third-order valence-corrected chi connectivity index (χ3v) is 25.7. The fourth-order valence-corrected chi connectivity index (χ4v) is 16.3. The number of phenols is 3. The molecule has 814 valence electrons. The van der Waals surface area contributed by atoms with Gasteiger partial charge in [-0.15, -0.1) is 0 Å². The Morgan fingerprint density at radius 1 is 0.265 bits per heavy atom. The molecule has 0 aliphatic heterocycles. The van der Waals surface area contributed by atoms with Crippen molar-refractivity contribution in [2.75, 3.05) is 47.8 Å². The molecule has 0 aliphatic rings. The number of aliphatic hydroxyl groups is 4. The number of benzene rings is 11. The first-order valence-electron chi connectivity index (χ1n) is 49.6. The normalized spacial score (nSPS) is 10.8. The molecule has 1 heterocycles. The summed E-state index contributed by atoms with van der Waals surface area (Å²) in [7, 11) is 3.00. The maximum absolute atomic E-state index is 13.9. The number of aliphatic hydroxyl groups excluding tert-OH is 4. The number of aryl methyl sites for hydroxylation is 11. The average Bonchev–Trinajstić information content (AvgIpc) is 0.715. The number of aromatic hydroxyl groups is 3. The summed E-state index contributed by atoms with van der Waals surface area (Å²) < 4.78 is 176. The number of alkyl halides is 12. The van der Waals surface area contributed by atoms with Crippen LogP contribution >= 0.6 is 0 Å². The van der Waals surface area contributed by atoms with Crippen LogP contribution in [-0.4, -0.2) is 124 Å². The van der Waals surface area contributed by atoms with Gasteiger partial charge in [0.15, 0.2) is 0 Å². The monoisotopic (exact) mass is 2060 g/mol. The summed E-state index contributed by atoms with van der Waals surface area (Å²) in [6, 6.07) is 47.0. The van der Waals surface area contributed by atoms with E-state index in [-0.39, 0.29) is 34.1 Å². The standard InChI is InChI=1S/C17H14F6O2.C17H14F6O.2C14H14.C14H22.2C12H18.C7H10N2.C6H14O.C5H12O.C3H8O.3CH4O/c1-9-7-11(3-5-13(9)24)15(16(18,19)20,17(21,22)23)12-4-6-14(25)10(2)8-12;1-10-4-3-5-12(8-10)15(16(18,19)20,17(21,22)23)13-6-7-14(24)11(2)9-13;2*1-11-5-3-7-13(9-11)14-8-4-6-12(2)10-14;1-7-13-10(4)9(3)11(5)14(8-2)12(13)6;2*1-7-8(2)10(4)12(6)11(5)9(7)3;1-5-4-6(2)9-7(3)8-5;1-3-5-6-7-4-2;1-3-5-6-4-2;1-3(2)4;3*1-2/h3-8,24-25H,1-2H3;3-9,24H,1-2H3;2*3-10H,1-2H3;7-8H2,1-6H3;2*1-6H3;4H,1-3H3;3-6H2,1-2H3;3-5H2,1-2H3;3-4H,1-2H3;3*2H,1H3. The molecular formula is C124H170F12N2O9. The minimum Gasteiger partial charge on any atom is -0.508 e. The molecule has 12 rings (SSSR count). The second-order valence-corrected chi connectivity index (χ2v) is 36.5. The number of nitrogens with zero attached hydrogens (tertiary/aromatic N) is 2. The van der Waals surface area contributed by atoms with E-state index in [0.717, 1.165) is 127 Å². The predicted octanol–water partition coefficient (Wildman–Crippen LogP) is 33.5. The van der Waals surface area contributed by atoms with Gasteiger partial charge in [-0.2, -0.15) is 52.7 Å². The van der Waals surface area contributed by atoms with Crippen molar-refractivity contribution in [3.8, 4) is 39.5 Å². The van der Waals surface area contributed by atoms with E-state index in [4.69, 9.17) is 29.9 Å². The molecule has 0 saturated carbocycles. The highest BCUT2D eigenvalue weighted by Crippen LogP contribution is 2.59. The van der Waals surface area contributed by atoms with Crippen LogP contribution in [0.4, 0.5) is 52.7 Å². The molecule has 0 aliphatic carbocycles. The number of hydrogen-bond donors (Lipinski definition) is 7. The van der Waals surface area contributed by atoms with E-state index in [1.54, 1.807) is 25.0 Å². The van der Waals surface area contributed by atoms with Crippen molar-refractivity contribution < 1.29 is 97.9 Å². The van der Waals surface area contributed by atoms with Crippen molar-refractivity contribution in [2.45, 2.75) is 316 Å². The van der Waals surface area contributed by atoms with Crippen molar-refractivity contribution in [1.29, 1.82) is 0 Å². The molecule has 11 nitrogen and oxygen atoms in total. The third kappa shape index (κ3) is 41.0. The van der Waals surface area contributed by atoms with E-state index in [1.165, 1.54) is 180 Å². The summed E-state index contributed by atoms with van der Waals surface area (Å²) in [5.74, 6) is -0.346. The van der Waals surface area contributed by atoms with Crippen molar-refractivity contribution >= 4 is 0 Å². The summed E-state index contributed by atoms with van der Waals surface area (Å²) >= 11 is 0. The third-order valence-electron chi connectivity index (χ3n) is 25.7. The second kappa shape index (κ2) is 66.3. The van der Waals surface area contributed by atoms with Crippen molar-refractivity contribution in [2.24, 2.45) is 0 Å². The Bertz CT molecular complexity index is 5330. The molecule has 0 amide bonds. The molecule has 0 fully saturated rings. The number of ether oxygens (including phenoxy) is 2. The van der Waals surface area contributed by atoms with Crippen LogP contribution in [0.3, 0.4) is 0 Å². The summed E-state index contributed by atoms with van der Waals surface area (Å²) in [4.78, 5) is 8.25.